The van der Waals surface area contributed by atoms with Crippen molar-refractivity contribution in [2.75, 3.05) is 11.1 Å². The first kappa shape index (κ1) is 14.5. The predicted octanol–water partition coefficient (Wildman–Crippen LogP) is 3.72. The minimum atomic E-state index is 0.0352. The Balaban J connectivity index is 2.06. The molecule has 2 aromatic rings. The number of halogens is 1. The topological polar surface area (TPSA) is 60.2 Å². The highest BCUT2D eigenvalue weighted by molar-refractivity contribution is 6.30. The second kappa shape index (κ2) is 6.48. The maximum absolute atomic E-state index is 5.95. The third kappa shape index (κ3) is 4.03. The van der Waals surface area contributed by atoms with Crippen molar-refractivity contribution in [2.24, 2.45) is 0 Å². The average Bonchev–Trinajstić information content (AvgIpc) is 2.39. The van der Waals surface area contributed by atoms with Crippen molar-refractivity contribution in [3.05, 3.63) is 47.0 Å². The SMILES string of the molecule is CC(C)Oc1nc(NCc2cccc(Cl)c2)ccc1N. The molecule has 0 amide bonds. The molecule has 0 bridgehead atoms. The normalized spacial score (nSPS) is 10.6. The largest absolute Gasteiger partial charge is 0.473 e. The Kier molecular flexibility index (Phi) is 4.69. The molecule has 0 aliphatic rings. The van der Waals surface area contributed by atoms with Crippen LogP contribution in [0.2, 0.25) is 5.02 Å². The van der Waals surface area contributed by atoms with Crippen LogP contribution in [0.15, 0.2) is 36.4 Å². The van der Waals surface area contributed by atoms with Crippen molar-refractivity contribution in [2.45, 2.75) is 26.5 Å². The summed E-state index contributed by atoms with van der Waals surface area (Å²) in [5, 5.41) is 3.94. The predicted molar refractivity (Wildman–Crippen MR) is 83.2 cm³/mol. The van der Waals surface area contributed by atoms with E-state index in [1.54, 1.807) is 6.07 Å². The molecule has 0 saturated heterocycles. The van der Waals surface area contributed by atoms with Gasteiger partial charge in [0.1, 0.15) is 5.82 Å². The standard InChI is InChI=1S/C15H18ClN3O/c1-10(2)20-15-13(17)6-7-14(19-15)18-9-11-4-3-5-12(16)8-11/h3-8,10H,9,17H2,1-2H3,(H,18,19). The molecule has 4 nitrogen and oxygen atoms in total. The highest BCUT2D eigenvalue weighted by atomic mass is 35.5. The van der Waals surface area contributed by atoms with Gasteiger partial charge in [-0.1, -0.05) is 23.7 Å². The minimum absolute atomic E-state index is 0.0352. The summed E-state index contributed by atoms with van der Waals surface area (Å²) in [6.45, 7) is 4.51. The van der Waals surface area contributed by atoms with Crippen LogP contribution < -0.4 is 15.8 Å². The van der Waals surface area contributed by atoms with Crippen LogP contribution in [0.5, 0.6) is 5.88 Å². The summed E-state index contributed by atoms with van der Waals surface area (Å²) < 4.78 is 5.56. The van der Waals surface area contributed by atoms with Gasteiger partial charge in [0.15, 0.2) is 0 Å². The molecule has 0 atom stereocenters. The number of nitrogens with zero attached hydrogens (tertiary/aromatic N) is 1. The second-order valence-electron chi connectivity index (χ2n) is 4.74. The van der Waals surface area contributed by atoms with E-state index in [0.29, 0.717) is 18.1 Å². The molecule has 0 unspecified atom stereocenters. The molecule has 5 heteroatoms. The lowest BCUT2D eigenvalue weighted by Crippen LogP contribution is -2.10. The Hall–Kier alpha value is -1.94. The quantitative estimate of drug-likeness (QED) is 0.881. The van der Waals surface area contributed by atoms with E-state index in [-0.39, 0.29) is 6.10 Å². The molecular weight excluding hydrogens is 274 g/mol. The molecule has 0 spiro atoms. The van der Waals surface area contributed by atoms with E-state index in [0.717, 1.165) is 16.4 Å². The molecule has 2 rings (SSSR count). The number of pyridine rings is 1. The van der Waals surface area contributed by atoms with Crippen molar-refractivity contribution in [3.8, 4) is 5.88 Å². The smallest absolute Gasteiger partial charge is 0.239 e. The zero-order valence-corrected chi connectivity index (χ0v) is 12.3. The van der Waals surface area contributed by atoms with E-state index in [2.05, 4.69) is 10.3 Å². The molecule has 1 aromatic carbocycles. The summed E-state index contributed by atoms with van der Waals surface area (Å²) in [5.41, 5.74) is 7.45. The summed E-state index contributed by atoms with van der Waals surface area (Å²) in [6.07, 6.45) is 0.0352. The number of ether oxygens (including phenoxy) is 1. The molecule has 0 saturated carbocycles. The van der Waals surface area contributed by atoms with Crippen LogP contribution in [0, 0.1) is 0 Å². The Labute approximate surface area is 123 Å². The third-order valence-electron chi connectivity index (χ3n) is 2.60. The molecule has 0 aliphatic carbocycles. The number of aromatic nitrogens is 1. The third-order valence-corrected chi connectivity index (χ3v) is 2.83. The van der Waals surface area contributed by atoms with E-state index in [4.69, 9.17) is 22.1 Å². The number of rotatable bonds is 5. The van der Waals surface area contributed by atoms with Crippen molar-refractivity contribution in [1.29, 1.82) is 0 Å². The summed E-state index contributed by atoms with van der Waals surface area (Å²) in [4.78, 5) is 4.36. The molecule has 1 heterocycles. The summed E-state index contributed by atoms with van der Waals surface area (Å²) in [5.74, 6) is 1.17. The summed E-state index contributed by atoms with van der Waals surface area (Å²) >= 11 is 5.95. The molecular formula is C15H18ClN3O. The summed E-state index contributed by atoms with van der Waals surface area (Å²) in [6, 6.07) is 11.3. The fourth-order valence-electron chi connectivity index (χ4n) is 1.71. The first-order valence-corrected chi connectivity index (χ1v) is 6.84. The maximum atomic E-state index is 5.95. The number of hydrogen-bond acceptors (Lipinski definition) is 4. The Morgan fingerprint density at radius 2 is 2.10 bits per heavy atom. The summed E-state index contributed by atoms with van der Waals surface area (Å²) in [7, 11) is 0. The lowest BCUT2D eigenvalue weighted by atomic mass is 10.2. The van der Waals surface area contributed by atoms with E-state index >= 15 is 0 Å². The van der Waals surface area contributed by atoms with Gasteiger partial charge >= 0.3 is 0 Å². The van der Waals surface area contributed by atoms with Gasteiger partial charge in [-0.25, -0.2) is 0 Å². The van der Waals surface area contributed by atoms with Gasteiger partial charge in [0.25, 0.3) is 0 Å². The maximum Gasteiger partial charge on any atom is 0.239 e. The first-order chi connectivity index (χ1) is 9.54. The van der Waals surface area contributed by atoms with Crippen molar-refractivity contribution >= 4 is 23.1 Å². The minimum Gasteiger partial charge on any atom is -0.473 e. The van der Waals surface area contributed by atoms with Gasteiger partial charge in [-0.2, -0.15) is 4.98 Å². The van der Waals surface area contributed by atoms with Gasteiger partial charge in [-0.15, -0.1) is 0 Å². The fourth-order valence-corrected chi connectivity index (χ4v) is 1.92. The molecule has 106 valence electrons. The molecule has 0 fully saturated rings. The lowest BCUT2D eigenvalue weighted by molar-refractivity contribution is 0.234. The van der Waals surface area contributed by atoms with E-state index in [1.807, 2.05) is 44.2 Å². The zero-order valence-electron chi connectivity index (χ0n) is 11.6. The van der Waals surface area contributed by atoms with E-state index in [9.17, 15) is 0 Å². The van der Waals surface area contributed by atoms with Crippen LogP contribution in [-0.4, -0.2) is 11.1 Å². The molecule has 20 heavy (non-hydrogen) atoms. The van der Waals surface area contributed by atoms with E-state index < -0.39 is 0 Å². The molecule has 0 radical (unpaired) electrons. The van der Waals surface area contributed by atoms with Crippen molar-refractivity contribution < 1.29 is 4.74 Å². The molecule has 1 aromatic heterocycles. The Morgan fingerprint density at radius 3 is 2.80 bits per heavy atom. The van der Waals surface area contributed by atoms with Gasteiger partial charge in [-0.3, -0.25) is 0 Å². The number of hydrogen-bond donors (Lipinski definition) is 2. The van der Waals surface area contributed by atoms with Crippen LogP contribution >= 0.6 is 11.6 Å². The average molecular weight is 292 g/mol. The van der Waals surface area contributed by atoms with E-state index in [1.165, 1.54) is 0 Å². The van der Waals surface area contributed by atoms with Crippen LogP contribution in [0.25, 0.3) is 0 Å². The fraction of sp³-hybridized carbons (Fsp3) is 0.267. The van der Waals surface area contributed by atoms with Crippen molar-refractivity contribution in [1.82, 2.24) is 4.98 Å². The van der Waals surface area contributed by atoms with Gasteiger partial charge in [-0.05, 0) is 43.7 Å². The lowest BCUT2D eigenvalue weighted by Gasteiger charge is -2.13. The number of nitrogen functional groups attached to an aromatic ring is 1. The number of nitrogens with two attached hydrogens (primary N) is 1. The zero-order chi connectivity index (χ0) is 14.5. The van der Waals surface area contributed by atoms with Gasteiger partial charge in [0.2, 0.25) is 5.88 Å². The number of nitrogens with one attached hydrogen (secondary N) is 1. The van der Waals surface area contributed by atoms with Gasteiger partial charge in [0, 0.05) is 11.6 Å². The molecule has 0 aliphatic heterocycles. The number of anilines is 2. The van der Waals surface area contributed by atoms with Crippen LogP contribution in [0.4, 0.5) is 11.5 Å². The highest BCUT2D eigenvalue weighted by Gasteiger charge is 2.06. The molecule has 3 N–H and O–H groups in total. The number of benzene rings is 1. The monoisotopic (exact) mass is 291 g/mol. The van der Waals surface area contributed by atoms with Crippen molar-refractivity contribution in [3.63, 3.8) is 0 Å². The highest BCUT2D eigenvalue weighted by Crippen LogP contribution is 2.22. The first-order valence-electron chi connectivity index (χ1n) is 6.46. The van der Waals surface area contributed by atoms with Gasteiger partial charge in [0.05, 0.1) is 11.8 Å². The second-order valence-corrected chi connectivity index (χ2v) is 5.18. The van der Waals surface area contributed by atoms with Crippen LogP contribution in [0.3, 0.4) is 0 Å². The van der Waals surface area contributed by atoms with Crippen LogP contribution in [-0.2, 0) is 6.54 Å². The van der Waals surface area contributed by atoms with Gasteiger partial charge < -0.3 is 15.8 Å². The Bertz CT molecular complexity index is 587. The van der Waals surface area contributed by atoms with Crippen LogP contribution in [0.1, 0.15) is 19.4 Å². The Morgan fingerprint density at radius 1 is 1.30 bits per heavy atom.